The number of nitrogens with one attached hydrogen (secondary N) is 2. The van der Waals surface area contributed by atoms with Crippen LogP contribution in [0.4, 0.5) is 0 Å². The number of fused-ring (bicyclic) bond motifs is 2. The average molecular weight is 400 g/mol. The number of imidazole rings is 1. The zero-order valence-electron chi connectivity index (χ0n) is 17.5. The molecule has 0 radical (unpaired) electrons. The van der Waals surface area contributed by atoms with Crippen molar-refractivity contribution in [2.75, 3.05) is 6.54 Å². The van der Waals surface area contributed by atoms with Gasteiger partial charge in [-0.15, -0.1) is 0 Å². The average Bonchev–Trinajstić information content (AvgIpc) is 3.16. The SMILES string of the molecule is CCN(Cc1ccc2ccccc2c1)C1CCC(c2ccc3[nH]c(=O)[nH]c3c2)CC1. The highest BCUT2D eigenvalue weighted by molar-refractivity contribution is 5.83. The fourth-order valence-electron chi connectivity index (χ4n) is 5.15. The summed E-state index contributed by atoms with van der Waals surface area (Å²) in [6, 6.07) is 22.5. The minimum absolute atomic E-state index is 0.127. The zero-order valence-corrected chi connectivity index (χ0v) is 17.5. The van der Waals surface area contributed by atoms with Gasteiger partial charge in [-0.2, -0.15) is 0 Å². The molecule has 5 rings (SSSR count). The van der Waals surface area contributed by atoms with Gasteiger partial charge in [-0.1, -0.05) is 49.4 Å². The lowest BCUT2D eigenvalue weighted by molar-refractivity contribution is 0.149. The summed E-state index contributed by atoms with van der Waals surface area (Å²) in [4.78, 5) is 19.9. The van der Waals surface area contributed by atoms with E-state index in [1.54, 1.807) is 0 Å². The Labute approximate surface area is 176 Å². The lowest BCUT2D eigenvalue weighted by Crippen LogP contribution is -2.37. The Bertz CT molecular complexity index is 1210. The van der Waals surface area contributed by atoms with Crippen LogP contribution in [-0.2, 0) is 6.54 Å². The van der Waals surface area contributed by atoms with Crippen LogP contribution < -0.4 is 5.69 Å². The Hall–Kier alpha value is -2.85. The Kier molecular flexibility index (Phi) is 5.17. The summed E-state index contributed by atoms with van der Waals surface area (Å²) in [5, 5.41) is 2.64. The fraction of sp³-hybridized carbons (Fsp3) is 0.346. The molecular weight excluding hydrogens is 370 g/mol. The molecule has 0 bridgehead atoms. The van der Waals surface area contributed by atoms with Crippen LogP contribution in [0.1, 0.15) is 49.7 Å². The number of hydrogen-bond acceptors (Lipinski definition) is 2. The molecule has 4 nitrogen and oxygen atoms in total. The molecule has 1 aromatic heterocycles. The van der Waals surface area contributed by atoms with E-state index in [1.807, 2.05) is 6.07 Å². The van der Waals surface area contributed by atoms with Crippen LogP contribution in [0.5, 0.6) is 0 Å². The predicted octanol–water partition coefficient (Wildman–Crippen LogP) is 5.56. The van der Waals surface area contributed by atoms with Gasteiger partial charge in [0.2, 0.25) is 0 Å². The van der Waals surface area contributed by atoms with Gasteiger partial charge in [0.05, 0.1) is 11.0 Å². The highest BCUT2D eigenvalue weighted by Gasteiger charge is 2.26. The van der Waals surface area contributed by atoms with E-state index in [0.29, 0.717) is 12.0 Å². The van der Waals surface area contributed by atoms with E-state index in [9.17, 15) is 4.79 Å². The van der Waals surface area contributed by atoms with Crippen molar-refractivity contribution < 1.29 is 0 Å². The number of rotatable bonds is 5. The lowest BCUT2D eigenvalue weighted by Gasteiger charge is -2.36. The standard InChI is InChI=1S/C26H29N3O/c1-2-29(17-18-7-8-19-5-3-4-6-21(19)15-18)23-12-9-20(10-13-23)22-11-14-24-25(16-22)28-26(30)27-24/h3-8,11,14-16,20,23H,2,9-10,12-13,17H2,1H3,(H2,27,28,30). The number of aromatic amines is 2. The molecule has 30 heavy (non-hydrogen) atoms. The molecule has 0 amide bonds. The molecule has 0 aliphatic heterocycles. The Morgan fingerprint density at radius 3 is 2.43 bits per heavy atom. The smallest absolute Gasteiger partial charge is 0.306 e. The van der Waals surface area contributed by atoms with Gasteiger partial charge in [-0.3, -0.25) is 4.90 Å². The third-order valence-electron chi connectivity index (χ3n) is 6.83. The van der Waals surface area contributed by atoms with E-state index in [4.69, 9.17) is 0 Å². The third kappa shape index (κ3) is 3.80. The molecular formula is C26H29N3O. The van der Waals surface area contributed by atoms with Crippen LogP contribution in [0.2, 0.25) is 0 Å². The topological polar surface area (TPSA) is 51.9 Å². The molecule has 0 spiro atoms. The quantitative estimate of drug-likeness (QED) is 0.462. The summed E-state index contributed by atoms with van der Waals surface area (Å²) in [5.41, 5.74) is 4.45. The molecule has 0 saturated heterocycles. The molecule has 3 aromatic carbocycles. The molecule has 4 heteroatoms. The number of benzene rings is 3. The molecule has 1 aliphatic carbocycles. The second-order valence-electron chi connectivity index (χ2n) is 8.63. The fourth-order valence-corrected chi connectivity index (χ4v) is 5.15. The molecule has 1 heterocycles. The van der Waals surface area contributed by atoms with Crippen LogP contribution >= 0.6 is 0 Å². The van der Waals surface area contributed by atoms with Gasteiger partial charge in [0.25, 0.3) is 0 Å². The largest absolute Gasteiger partial charge is 0.323 e. The van der Waals surface area contributed by atoms with Crippen molar-refractivity contribution >= 4 is 21.8 Å². The van der Waals surface area contributed by atoms with E-state index in [0.717, 1.165) is 24.1 Å². The van der Waals surface area contributed by atoms with E-state index in [2.05, 4.69) is 76.4 Å². The summed E-state index contributed by atoms with van der Waals surface area (Å²) < 4.78 is 0. The van der Waals surface area contributed by atoms with Crippen LogP contribution in [-0.4, -0.2) is 27.5 Å². The van der Waals surface area contributed by atoms with Gasteiger partial charge < -0.3 is 9.97 Å². The summed E-state index contributed by atoms with van der Waals surface area (Å²) >= 11 is 0. The van der Waals surface area contributed by atoms with Gasteiger partial charge in [0.15, 0.2) is 0 Å². The normalized spacial score (nSPS) is 19.7. The van der Waals surface area contributed by atoms with Crippen molar-refractivity contribution in [2.45, 2.75) is 51.1 Å². The third-order valence-corrected chi connectivity index (χ3v) is 6.83. The first kappa shape index (κ1) is 19.1. The van der Waals surface area contributed by atoms with Gasteiger partial charge in [-0.05, 0) is 78.2 Å². The summed E-state index contributed by atoms with van der Waals surface area (Å²) in [7, 11) is 0. The number of H-pyrrole nitrogens is 2. The van der Waals surface area contributed by atoms with Crippen LogP contribution in [0.3, 0.4) is 0 Å². The van der Waals surface area contributed by atoms with Crippen molar-refractivity contribution in [3.63, 3.8) is 0 Å². The zero-order chi connectivity index (χ0) is 20.5. The molecule has 1 fully saturated rings. The second-order valence-corrected chi connectivity index (χ2v) is 8.63. The summed E-state index contributed by atoms with van der Waals surface area (Å²) in [6.45, 7) is 4.38. The van der Waals surface area contributed by atoms with Gasteiger partial charge in [0, 0.05) is 12.6 Å². The van der Waals surface area contributed by atoms with Crippen LogP contribution in [0.25, 0.3) is 21.8 Å². The molecule has 4 aromatic rings. The van der Waals surface area contributed by atoms with Crippen molar-refractivity contribution in [2.24, 2.45) is 0 Å². The Balaban J connectivity index is 1.26. The lowest BCUT2D eigenvalue weighted by atomic mass is 9.81. The maximum Gasteiger partial charge on any atom is 0.323 e. The van der Waals surface area contributed by atoms with Crippen LogP contribution in [0.15, 0.2) is 65.5 Å². The Morgan fingerprint density at radius 2 is 1.63 bits per heavy atom. The van der Waals surface area contributed by atoms with Crippen LogP contribution in [0, 0.1) is 0 Å². The highest BCUT2D eigenvalue weighted by atomic mass is 16.1. The minimum atomic E-state index is -0.127. The molecule has 0 atom stereocenters. The molecule has 2 N–H and O–H groups in total. The van der Waals surface area contributed by atoms with E-state index in [-0.39, 0.29) is 5.69 Å². The first-order valence-electron chi connectivity index (χ1n) is 11.1. The first-order chi connectivity index (χ1) is 14.7. The molecule has 1 aliphatic rings. The summed E-state index contributed by atoms with van der Waals surface area (Å²) in [5.74, 6) is 0.587. The molecule has 154 valence electrons. The number of nitrogens with zero attached hydrogens (tertiary/aromatic N) is 1. The maximum atomic E-state index is 11.5. The van der Waals surface area contributed by atoms with E-state index in [1.165, 1.54) is 47.6 Å². The number of aromatic nitrogens is 2. The predicted molar refractivity (Wildman–Crippen MR) is 124 cm³/mol. The van der Waals surface area contributed by atoms with Crippen molar-refractivity contribution in [3.05, 3.63) is 82.3 Å². The van der Waals surface area contributed by atoms with E-state index >= 15 is 0 Å². The second kappa shape index (κ2) is 8.11. The minimum Gasteiger partial charge on any atom is -0.306 e. The summed E-state index contributed by atoms with van der Waals surface area (Å²) in [6.07, 6.45) is 4.87. The molecule has 0 unspecified atom stereocenters. The van der Waals surface area contributed by atoms with Gasteiger partial charge in [-0.25, -0.2) is 4.79 Å². The van der Waals surface area contributed by atoms with Gasteiger partial charge >= 0.3 is 5.69 Å². The van der Waals surface area contributed by atoms with Crippen molar-refractivity contribution in [1.82, 2.24) is 14.9 Å². The van der Waals surface area contributed by atoms with E-state index < -0.39 is 0 Å². The highest BCUT2D eigenvalue weighted by Crippen LogP contribution is 2.36. The van der Waals surface area contributed by atoms with Crippen molar-refractivity contribution in [3.8, 4) is 0 Å². The number of hydrogen-bond donors (Lipinski definition) is 2. The van der Waals surface area contributed by atoms with Crippen molar-refractivity contribution in [1.29, 1.82) is 0 Å². The first-order valence-corrected chi connectivity index (χ1v) is 11.1. The molecule has 1 saturated carbocycles. The Morgan fingerprint density at radius 1 is 0.867 bits per heavy atom. The van der Waals surface area contributed by atoms with Gasteiger partial charge in [0.1, 0.15) is 0 Å². The monoisotopic (exact) mass is 399 g/mol. The maximum absolute atomic E-state index is 11.5.